The van der Waals surface area contributed by atoms with Gasteiger partial charge < -0.3 is 9.47 Å². The smallest absolute Gasteiger partial charge is 0.338 e. The topological polar surface area (TPSA) is 52.6 Å². The van der Waals surface area contributed by atoms with Crippen molar-refractivity contribution in [1.29, 1.82) is 0 Å². The molecule has 2 aliphatic rings. The van der Waals surface area contributed by atoms with Crippen molar-refractivity contribution in [1.82, 2.24) is 0 Å². The van der Waals surface area contributed by atoms with E-state index in [2.05, 4.69) is 24.3 Å². The molecular formula is C29H28O4. The quantitative estimate of drug-likeness (QED) is 0.492. The van der Waals surface area contributed by atoms with E-state index in [1.165, 1.54) is 11.1 Å². The molecule has 1 fully saturated rings. The predicted octanol–water partition coefficient (Wildman–Crippen LogP) is 5.65. The van der Waals surface area contributed by atoms with Gasteiger partial charge in [-0.25, -0.2) is 9.59 Å². The van der Waals surface area contributed by atoms with Gasteiger partial charge in [-0.15, -0.1) is 0 Å². The molecule has 0 radical (unpaired) electrons. The zero-order valence-electron chi connectivity index (χ0n) is 18.6. The zero-order valence-corrected chi connectivity index (χ0v) is 18.6. The van der Waals surface area contributed by atoms with E-state index >= 15 is 0 Å². The molecule has 3 aromatic rings. The normalized spacial score (nSPS) is 24.0. The van der Waals surface area contributed by atoms with Gasteiger partial charge in [0.1, 0.15) is 12.2 Å². The largest absolute Gasteiger partial charge is 0.455 e. The first kappa shape index (κ1) is 21.4. The zero-order chi connectivity index (χ0) is 22.6. The first-order valence-electron chi connectivity index (χ1n) is 11.8. The first-order valence-corrected chi connectivity index (χ1v) is 11.8. The number of ether oxygens (including phenoxy) is 2. The molecule has 2 aliphatic carbocycles. The molecule has 4 atom stereocenters. The maximum Gasteiger partial charge on any atom is 0.338 e. The van der Waals surface area contributed by atoms with E-state index in [1.807, 2.05) is 36.4 Å². The van der Waals surface area contributed by atoms with Gasteiger partial charge >= 0.3 is 11.9 Å². The number of benzene rings is 3. The number of carbonyl (C=O) groups excluding carboxylic acids is 2. The highest BCUT2D eigenvalue weighted by Gasteiger charge is 2.42. The summed E-state index contributed by atoms with van der Waals surface area (Å²) >= 11 is 0. The fourth-order valence-electron chi connectivity index (χ4n) is 5.32. The third-order valence-electron chi connectivity index (χ3n) is 7.07. The number of carbonyl (C=O) groups is 2. The second-order valence-corrected chi connectivity index (χ2v) is 9.12. The van der Waals surface area contributed by atoms with Crippen molar-refractivity contribution in [3.8, 4) is 0 Å². The van der Waals surface area contributed by atoms with Crippen LogP contribution in [0.1, 0.15) is 51.1 Å². The van der Waals surface area contributed by atoms with Crippen LogP contribution in [0.5, 0.6) is 0 Å². The minimum atomic E-state index is -0.461. The average Bonchev–Trinajstić information content (AvgIpc) is 3.04. The lowest BCUT2D eigenvalue weighted by Gasteiger charge is -2.40. The van der Waals surface area contributed by atoms with Crippen LogP contribution in [0.15, 0.2) is 84.9 Å². The van der Waals surface area contributed by atoms with Crippen molar-refractivity contribution in [2.45, 2.75) is 44.3 Å². The van der Waals surface area contributed by atoms with E-state index in [-0.39, 0.29) is 11.9 Å². The Morgan fingerprint density at radius 3 is 1.67 bits per heavy atom. The Morgan fingerprint density at radius 2 is 1.09 bits per heavy atom. The number of hydrogen-bond acceptors (Lipinski definition) is 4. The van der Waals surface area contributed by atoms with Crippen LogP contribution < -0.4 is 0 Å². The third-order valence-corrected chi connectivity index (χ3v) is 7.07. The van der Waals surface area contributed by atoms with Crippen molar-refractivity contribution in [2.24, 2.45) is 11.8 Å². The number of rotatable bonds is 4. The Kier molecular flexibility index (Phi) is 6.25. The van der Waals surface area contributed by atoms with Crippen LogP contribution in [0.25, 0.3) is 0 Å². The van der Waals surface area contributed by atoms with Crippen LogP contribution in [0.3, 0.4) is 0 Å². The SMILES string of the molecule is O=C(OC1CC2CCc3ccccc3CC2CC1OC(=O)c1ccccc1)c1ccccc1. The number of fused-ring (bicyclic) bond motifs is 2. The number of aryl methyl sites for hydroxylation is 1. The van der Waals surface area contributed by atoms with Crippen LogP contribution >= 0.6 is 0 Å². The lowest BCUT2D eigenvalue weighted by Crippen LogP contribution is -2.44. The Labute approximate surface area is 194 Å². The van der Waals surface area contributed by atoms with Gasteiger partial charge in [-0.3, -0.25) is 0 Å². The molecule has 0 aliphatic heterocycles. The second-order valence-electron chi connectivity index (χ2n) is 9.12. The van der Waals surface area contributed by atoms with Gasteiger partial charge in [0.25, 0.3) is 0 Å². The van der Waals surface area contributed by atoms with Crippen LogP contribution in [0.4, 0.5) is 0 Å². The Hall–Kier alpha value is -3.40. The fourth-order valence-corrected chi connectivity index (χ4v) is 5.32. The van der Waals surface area contributed by atoms with Crippen LogP contribution in [-0.2, 0) is 22.3 Å². The minimum Gasteiger partial charge on any atom is -0.455 e. The standard InChI is InChI=1S/C29H28O4/c30-28(21-10-3-1-4-11-21)32-26-18-24-16-15-20-9-7-8-14-23(20)17-25(24)19-27(26)33-29(31)22-12-5-2-6-13-22/h1-14,24-27H,15-19H2. The molecule has 0 N–H and O–H groups in total. The van der Waals surface area contributed by atoms with E-state index in [0.29, 0.717) is 35.8 Å². The lowest BCUT2D eigenvalue weighted by atomic mass is 9.73. The molecule has 0 heterocycles. The van der Waals surface area contributed by atoms with Crippen LogP contribution in [-0.4, -0.2) is 24.1 Å². The Morgan fingerprint density at radius 1 is 0.606 bits per heavy atom. The van der Waals surface area contributed by atoms with Gasteiger partial charge in [-0.2, -0.15) is 0 Å². The average molecular weight is 441 g/mol. The summed E-state index contributed by atoms with van der Waals surface area (Å²) in [6, 6.07) is 26.7. The molecule has 0 saturated heterocycles. The Balaban J connectivity index is 1.38. The molecule has 4 heteroatoms. The van der Waals surface area contributed by atoms with E-state index in [1.54, 1.807) is 24.3 Å². The summed E-state index contributed by atoms with van der Waals surface area (Å²) < 4.78 is 12.0. The van der Waals surface area contributed by atoms with Crippen molar-refractivity contribution in [2.75, 3.05) is 0 Å². The summed E-state index contributed by atoms with van der Waals surface area (Å²) in [5.41, 5.74) is 3.82. The summed E-state index contributed by atoms with van der Waals surface area (Å²) in [5.74, 6) is 0.0945. The van der Waals surface area contributed by atoms with Crippen molar-refractivity contribution in [3.05, 3.63) is 107 Å². The maximum atomic E-state index is 12.9. The third kappa shape index (κ3) is 4.85. The molecule has 0 amide bonds. The summed E-state index contributed by atoms with van der Waals surface area (Å²) in [6.07, 6.45) is 3.56. The first-order chi connectivity index (χ1) is 16.2. The van der Waals surface area contributed by atoms with Crippen LogP contribution in [0, 0.1) is 11.8 Å². The minimum absolute atomic E-state index is 0.364. The molecule has 0 spiro atoms. The van der Waals surface area contributed by atoms with Gasteiger partial charge in [-0.05, 0) is 79.3 Å². The van der Waals surface area contributed by atoms with E-state index in [4.69, 9.17) is 9.47 Å². The van der Waals surface area contributed by atoms with E-state index in [0.717, 1.165) is 19.3 Å². The molecule has 33 heavy (non-hydrogen) atoms. The molecule has 4 unspecified atom stereocenters. The van der Waals surface area contributed by atoms with Crippen LogP contribution in [0.2, 0.25) is 0 Å². The van der Waals surface area contributed by atoms with Gasteiger partial charge in [0.15, 0.2) is 0 Å². The van der Waals surface area contributed by atoms with Gasteiger partial charge in [0.2, 0.25) is 0 Å². The maximum absolute atomic E-state index is 12.9. The summed E-state index contributed by atoms with van der Waals surface area (Å²) in [5, 5.41) is 0. The van der Waals surface area contributed by atoms with Crippen molar-refractivity contribution < 1.29 is 19.1 Å². The molecule has 0 aromatic heterocycles. The molecule has 0 bridgehead atoms. The molecule has 5 rings (SSSR count). The monoisotopic (exact) mass is 440 g/mol. The molecule has 1 saturated carbocycles. The highest BCUT2D eigenvalue weighted by molar-refractivity contribution is 5.90. The number of esters is 2. The van der Waals surface area contributed by atoms with E-state index < -0.39 is 12.2 Å². The van der Waals surface area contributed by atoms with E-state index in [9.17, 15) is 9.59 Å². The van der Waals surface area contributed by atoms with Gasteiger partial charge in [-0.1, -0.05) is 60.7 Å². The Bertz CT molecular complexity index is 1110. The molecule has 4 nitrogen and oxygen atoms in total. The highest BCUT2D eigenvalue weighted by Crippen LogP contribution is 2.41. The van der Waals surface area contributed by atoms with Crippen molar-refractivity contribution in [3.63, 3.8) is 0 Å². The summed E-state index contributed by atoms with van der Waals surface area (Å²) in [4.78, 5) is 25.7. The van der Waals surface area contributed by atoms with Gasteiger partial charge in [0, 0.05) is 0 Å². The molecular weight excluding hydrogens is 412 g/mol. The summed E-state index contributed by atoms with van der Waals surface area (Å²) in [7, 11) is 0. The molecule has 168 valence electrons. The highest BCUT2D eigenvalue weighted by atomic mass is 16.6. The van der Waals surface area contributed by atoms with Gasteiger partial charge in [0.05, 0.1) is 11.1 Å². The predicted molar refractivity (Wildman–Crippen MR) is 126 cm³/mol. The molecule has 3 aromatic carbocycles. The fraction of sp³-hybridized carbons (Fsp3) is 0.310. The second kappa shape index (κ2) is 9.62. The van der Waals surface area contributed by atoms with Crippen molar-refractivity contribution >= 4 is 11.9 Å². The number of hydrogen-bond donors (Lipinski definition) is 0. The summed E-state index contributed by atoms with van der Waals surface area (Å²) in [6.45, 7) is 0. The lowest BCUT2D eigenvalue weighted by molar-refractivity contribution is -0.0750.